The van der Waals surface area contributed by atoms with Gasteiger partial charge in [-0.25, -0.2) is 0 Å². The number of rotatable bonds is 47. The lowest BCUT2D eigenvalue weighted by Crippen LogP contribution is -1.98. The Kier molecular flexibility index (Phi) is 31.8. The van der Waals surface area contributed by atoms with Crippen molar-refractivity contribution in [3.63, 3.8) is 0 Å². The standard InChI is InChI=1S/C66H98O6S6/c1-7-13-19-23-27-33-41-67-51-37-45-73-61(51)59-49-55(69-39-31-17-11-5)65(77-59)63-53(71-43-35-29-25-21-15-9-3)47-57(75-63)58-48-54(72-44-36-30-26-22-16-10-4)64(76-58)66-56(70-40-32-18-12-6)50-60(78-66)62-52(38-46-74-62)68-42-34-28-24-20-14-8-2/h37-38,45-50H,7-36,39-44H2,1-6H3. The molecule has 0 saturated heterocycles. The lowest BCUT2D eigenvalue weighted by molar-refractivity contribution is 0.303. The molecule has 6 aromatic rings. The number of ether oxygens (including phenoxy) is 6. The van der Waals surface area contributed by atoms with E-state index in [2.05, 4.69) is 88.7 Å². The molecule has 434 valence electrons. The molecular formula is C66H98O6S6. The van der Waals surface area contributed by atoms with Crippen LogP contribution in [0, 0.1) is 0 Å². The molecule has 6 heterocycles. The average Bonchev–Trinajstić information content (AvgIpc) is 4.34. The summed E-state index contributed by atoms with van der Waals surface area (Å²) in [6.07, 6.45) is 36.2. The first-order chi connectivity index (χ1) is 38.5. The van der Waals surface area contributed by atoms with Gasteiger partial charge >= 0.3 is 0 Å². The van der Waals surface area contributed by atoms with E-state index in [-0.39, 0.29) is 0 Å². The highest BCUT2D eigenvalue weighted by atomic mass is 32.1. The second-order valence-electron chi connectivity index (χ2n) is 21.0. The topological polar surface area (TPSA) is 55.4 Å². The summed E-state index contributed by atoms with van der Waals surface area (Å²) >= 11 is 10.8. The van der Waals surface area contributed by atoms with Crippen LogP contribution in [0.25, 0.3) is 48.8 Å². The summed E-state index contributed by atoms with van der Waals surface area (Å²) in [5.41, 5.74) is 0. The van der Waals surface area contributed by atoms with Gasteiger partial charge in [0.1, 0.15) is 34.5 Å². The molecule has 0 aromatic carbocycles. The lowest BCUT2D eigenvalue weighted by atomic mass is 10.1. The quantitative estimate of drug-likeness (QED) is 0.0355. The summed E-state index contributed by atoms with van der Waals surface area (Å²) in [5, 5.41) is 4.35. The monoisotopic (exact) mass is 1180 g/mol. The molecule has 6 aromatic heterocycles. The van der Waals surface area contributed by atoms with Crippen molar-refractivity contribution >= 4 is 68.0 Å². The molecule has 0 N–H and O–H groups in total. The van der Waals surface area contributed by atoms with Crippen molar-refractivity contribution in [2.24, 2.45) is 0 Å². The zero-order valence-electron chi connectivity index (χ0n) is 49.0. The van der Waals surface area contributed by atoms with Crippen LogP contribution in [0.1, 0.15) is 234 Å². The molecule has 0 radical (unpaired) electrons. The number of hydrogen-bond acceptors (Lipinski definition) is 12. The normalized spacial score (nSPS) is 11.5. The Morgan fingerprint density at radius 3 is 0.756 bits per heavy atom. The Morgan fingerprint density at radius 1 is 0.244 bits per heavy atom. The van der Waals surface area contributed by atoms with Crippen molar-refractivity contribution in [1.82, 2.24) is 0 Å². The van der Waals surface area contributed by atoms with E-state index in [1.807, 2.05) is 45.3 Å². The molecule has 78 heavy (non-hydrogen) atoms. The molecule has 0 spiro atoms. The van der Waals surface area contributed by atoms with Crippen molar-refractivity contribution in [3.05, 3.63) is 47.2 Å². The van der Waals surface area contributed by atoms with Crippen molar-refractivity contribution in [2.45, 2.75) is 234 Å². The van der Waals surface area contributed by atoms with Crippen LogP contribution in [0.3, 0.4) is 0 Å². The van der Waals surface area contributed by atoms with Crippen LogP contribution >= 0.6 is 68.0 Å². The van der Waals surface area contributed by atoms with Crippen LogP contribution < -0.4 is 28.4 Å². The van der Waals surface area contributed by atoms with Gasteiger partial charge in [0, 0.05) is 34.0 Å². The Morgan fingerprint density at radius 2 is 0.462 bits per heavy atom. The first-order valence-electron chi connectivity index (χ1n) is 31.0. The molecule has 0 unspecified atom stereocenters. The van der Waals surface area contributed by atoms with Gasteiger partial charge in [-0.1, -0.05) is 196 Å². The van der Waals surface area contributed by atoms with Crippen LogP contribution in [-0.4, -0.2) is 39.6 Å². The van der Waals surface area contributed by atoms with E-state index >= 15 is 0 Å². The van der Waals surface area contributed by atoms with Crippen LogP contribution in [0.4, 0.5) is 0 Å². The highest BCUT2D eigenvalue weighted by Crippen LogP contribution is 2.57. The highest BCUT2D eigenvalue weighted by molar-refractivity contribution is 7.31. The molecule has 12 heteroatoms. The van der Waals surface area contributed by atoms with E-state index in [1.54, 1.807) is 22.7 Å². The Labute approximate surface area is 497 Å². The zero-order chi connectivity index (χ0) is 54.8. The van der Waals surface area contributed by atoms with Gasteiger partial charge < -0.3 is 28.4 Å². The fourth-order valence-electron chi connectivity index (χ4n) is 9.53. The van der Waals surface area contributed by atoms with Crippen molar-refractivity contribution < 1.29 is 28.4 Å². The van der Waals surface area contributed by atoms with Crippen LogP contribution in [0.2, 0.25) is 0 Å². The maximum absolute atomic E-state index is 6.94. The molecule has 0 bridgehead atoms. The van der Waals surface area contributed by atoms with Crippen molar-refractivity contribution in [1.29, 1.82) is 0 Å². The number of unbranched alkanes of at least 4 members (excludes halogenated alkanes) is 24. The second-order valence-corrected chi connectivity index (χ2v) is 27.1. The maximum Gasteiger partial charge on any atom is 0.139 e. The van der Waals surface area contributed by atoms with E-state index in [4.69, 9.17) is 28.4 Å². The zero-order valence-corrected chi connectivity index (χ0v) is 53.9. The summed E-state index contributed by atoms with van der Waals surface area (Å²) in [6.45, 7) is 17.9. The molecule has 0 amide bonds. The van der Waals surface area contributed by atoms with E-state index in [9.17, 15) is 0 Å². The van der Waals surface area contributed by atoms with Crippen LogP contribution in [0.15, 0.2) is 47.2 Å². The summed E-state index contributed by atoms with van der Waals surface area (Å²) in [5.74, 6) is 5.71. The van der Waals surface area contributed by atoms with Gasteiger partial charge in [-0.2, -0.15) is 0 Å². The molecule has 6 nitrogen and oxygen atoms in total. The lowest BCUT2D eigenvalue weighted by Gasteiger charge is -2.09. The fraction of sp³-hybridized carbons (Fsp3) is 0.636. The van der Waals surface area contributed by atoms with E-state index < -0.39 is 0 Å². The average molecular weight is 1180 g/mol. The third kappa shape index (κ3) is 21.4. The Bertz CT molecular complexity index is 2300. The van der Waals surface area contributed by atoms with Gasteiger partial charge in [0.2, 0.25) is 0 Å². The second kappa shape index (κ2) is 38.7. The fourth-order valence-corrected chi connectivity index (χ4v) is 16.2. The minimum absolute atomic E-state index is 0.687. The Balaban J connectivity index is 1.38. The largest absolute Gasteiger partial charge is 0.492 e. The molecule has 0 aliphatic heterocycles. The van der Waals surface area contributed by atoms with Gasteiger partial charge in [-0.15, -0.1) is 68.0 Å². The molecule has 0 aliphatic carbocycles. The third-order valence-corrected chi connectivity index (χ3v) is 21.3. The van der Waals surface area contributed by atoms with Gasteiger partial charge in [-0.3, -0.25) is 0 Å². The summed E-state index contributed by atoms with van der Waals surface area (Å²) in [6, 6.07) is 13.5. The van der Waals surface area contributed by atoms with Crippen molar-refractivity contribution in [3.8, 4) is 83.3 Å². The summed E-state index contributed by atoms with van der Waals surface area (Å²) < 4.78 is 40.6. The number of hydrogen-bond donors (Lipinski definition) is 0. The van der Waals surface area contributed by atoms with Gasteiger partial charge in [0.05, 0.1) is 78.7 Å². The molecule has 6 rings (SSSR count). The summed E-state index contributed by atoms with van der Waals surface area (Å²) in [4.78, 5) is 11.6. The Hall–Kier alpha value is -3.00. The van der Waals surface area contributed by atoms with Crippen molar-refractivity contribution in [2.75, 3.05) is 39.6 Å². The van der Waals surface area contributed by atoms with Crippen LogP contribution in [0.5, 0.6) is 34.5 Å². The predicted molar refractivity (Wildman–Crippen MR) is 346 cm³/mol. The molecule has 0 aliphatic rings. The number of thiophene rings is 6. The van der Waals surface area contributed by atoms with E-state index in [1.165, 1.54) is 158 Å². The van der Waals surface area contributed by atoms with Gasteiger partial charge in [-0.05, 0) is 61.4 Å². The predicted octanol–water partition coefficient (Wildman–Crippen LogP) is 24.5. The SMILES string of the molecule is CCCCCCCCOc1ccsc1-c1cc(OCCCCC)c(-c2sc(-c3cc(OCCCCCCCC)c(-c4sc(-c5sccc5OCCCCCCCC)cc4OCCCCC)s3)cc2OCCCCCCCC)s1. The molecule has 0 saturated carbocycles. The van der Waals surface area contributed by atoms with Gasteiger partial charge in [0.25, 0.3) is 0 Å². The smallest absolute Gasteiger partial charge is 0.139 e. The maximum atomic E-state index is 6.94. The molecular weight excluding hydrogens is 1080 g/mol. The summed E-state index contributed by atoms with van der Waals surface area (Å²) in [7, 11) is 0. The third-order valence-electron chi connectivity index (χ3n) is 14.2. The first kappa shape index (κ1) is 64.2. The highest BCUT2D eigenvalue weighted by Gasteiger charge is 2.27. The molecule has 0 fully saturated rings. The minimum Gasteiger partial charge on any atom is -0.492 e. The van der Waals surface area contributed by atoms with E-state index in [0.717, 1.165) is 131 Å². The van der Waals surface area contributed by atoms with Gasteiger partial charge in [0.15, 0.2) is 0 Å². The first-order valence-corrected chi connectivity index (χ1v) is 36.0. The van der Waals surface area contributed by atoms with E-state index in [0.29, 0.717) is 26.4 Å². The minimum atomic E-state index is 0.687. The van der Waals surface area contributed by atoms with Crippen LogP contribution in [-0.2, 0) is 0 Å². The molecule has 0 atom stereocenters.